The highest BCUT2D eigenvalue weighted by Gasteiger charge is 2.20. The third-order valence-electron chi connectivity index (χ3n) is 3.22. The summed E-state index contributed by atoms with van der Waals surface area (Å²) in [6.07, 6.45) is 0. The summed E-state index contributed by atoms with van der Waals surface area (Å²) < 4.78 is 1.19. The van der Waals surface area contributed by atoms with Crippen molar-refractivity contribution in [3.8, 4) is 0 Å². The molecule has 0 aliphatic rings. The molecule has 0 saturated carbocycles. The number of halogens is 1. The van der Waals surface area contributed by atoms with Crippen LogP contribution in [0.25, 0.3) is 0 Å². The van der Waals surface area contributed by atoms with Crippen molar-refractivity contribution in [1.82, 2.24) is 5.32 Å². The predicted molar refractivity (Wildman–Crippen MR) is 77.1 cm³/mol. The molecule has 16 heavy (non-hydrogen) atoms. The van der Waals surface area contributed by atoms with Crippen molar-refractivity contribution in [3.63, 3.8) is 0 Å². The molecule has 0 radical (unpaired) electrons. The van der Waals surface area contributed by atoms with E-state index < -0.39 is 0 Å². The summed E-state index contributed by atoms with van der Waals surface area (Å²) in [7, 11) is 0. The number of hydrogen-bond acceptors (Lipinski definition) is 2. The maximum atomic E-state index is 3.61. The summed E-state index contributed by atoms with van der Waals surface area (Å²) in [4.78, 5) is 1.40. The van der Waals surface area contributed by atoms with Crippen LogP contribution in [-0.4, -0.2) is 6.54 Å². The topological polar surface area (TPSA) is 12.0 Å². The van der Waals surface area contributed by atoms with E-state index in [9.17, 15) is 0 Å². The van der Waals surface area contributed by atoms with Gasteiger partial charge in [0.05, 0.1) is 0 Å². The lowest BCUT2D eigenvalue weighted by Crippen LogP contribution is -2.31. The molecule has 2 unspecified atom stereocenters. The standard InChI is InChI=1S/C13H22BrNS/c1-9(13(3,4)5)7-15-10(2)12-6-11(14)8-16-12/h6,8-10,15H,7H2,1-5H3. The minimum absolute atomic E-state index is 0.378. The SMILES string of the molecule is CC(NCC(C)C(C)(C)C)c1cc(Br)cs1. The van der Waals surface area contributed by atoms with Gasteiger partial charge in [0.15, 0.2) is 0 Å². The summed E-state index contributed by atoms with van der Waals surface area (Å²) in [5.74, 6) is 0.679. The molecule has 1 N–H and O–H groups in total. The molecule has 3 heteroatoms. The van der Waals surface area contributed by atoms with E-state index in [4.69, 9.17) is 0 Å². The van der Waals surface area contributed by atoms with Crippen molar-refractivity contribution >= 4 is 27.3 Å². The lowest BCUT2D eigenvalue weighted by molar-refractivity contribution is 0.247. The second kappa shape index (κ2) is 5.65. The molecule has 1 nitrogen and oxygen atoms in total. The number of rotatable bonds is 4. The van der Waals surface area contributed by atoms with E-state index in [2.05, 4.69) is 67.3 Å². The fourth-order valence-corrected chi connectivity index (χ4v) is 2.79. The van der Waals surface area contributed by atoms with Crippen molar-refractivity contribution in [1.29, 1.82) is 0 Å². The minimum Gasteiger partial charge on any atom is -0.309 e. The second-order valence-corrected chi connectivity index (χ2v) is 7.42. The summed E-state index contributed by atoms with van der Waals surface area (Å²) in [5.41, 5.74) is 0.378. The van der Waals surface area contributed by atoms with Gasteiger partial charge in [0.1, 0.15) is 0 Å². The summed E-state index contributed by atoms with van der Waals surface area (Å²) >= 11 is 5.30. The van der Waals surface area contributed by atoms with Gasteiger partial charge in [-0.05, 0) is 46.8 Å². The van der Waals surface area contributed by atoms with Gasteiger partial charge in [-0.15, -0.1) is 11.3 Å². The monoisotopic (exact) mass is 303 g/mol. The molecule has 0 aliphatic carbocycles. The Morgan fingerprint density at radius 1 is 1.38 bits per heavy atom. The van der Waals surface area contributed by atoms with Gasteiger partial charge in [0.2, 0.25) is 0 Å². The van der Waals surface area contributed by atoms with Crippen LogP contribution in [-0.2, 0) is 0 Å². The quantitative estimate of drug-likeness (QED) is 0.839. The minimum atomic E-state index is 0.378. The largest absolute Gasteiger partial charge is 0.309 e. The molecular formula is C13H22BrNS. The fraction of sp³-hybridized carbons (Fsp3) is 0.692. The van der Waals surface area contributed by atoms with E-state index in [1.807, 2.05) is 11.3 Å². The van der Waals surface area contributed by atoms with Crippen molar-refractivity contribution in [2.75, 3.05) is 6.54 Å². The second-order valence-electron chi connectivity index (χ2n) is 5.56. The summed E-state index contributed by atoms with van der Waals surface area (Å²) in [6, 6.07) is 2.64. The van der Waals surface area contributed by atoms with Gasteiger partial charge in [-0.3, -0.25) is 0 Å². The first-order chi connectivity index (χ1) is 7.30. The lowest BCUT2D eigenvalue weighted by atomic mass is 9.82. The zero-order valence-corrected chi connectivity index (χ0v) is 13.2. The van der Waals surface area contributed by atoms with Crippen LogP contribution in [0.1, 0.15) is 45.5 Å². The Morgan fingerprint density at radius 3 is 2.44 bits per heavy atom. The Kier molecular flexibility index (Phi) is 5.02. The van der Waals surface area contributed by atoms with Crippen LogP contribution < -0.4 is 5.32 Å². The summed E-state index contributed by atoms with van der Waals surface area (Å²) in [5, 5.41) is 5.75. The van der Waals surface area contributed by atoms with Crippen LogP contribution in [0.3, 0.4) is 0 Å². The average molecular weight is 304 g/mol. The zero-order chi connectivity index (χ0) is 12.3. The Bertz CT molecular complexity index is 327. The maximum Gasteiger partial charge on any atom is 0.0386 e. The average Bonchev–Trinajstić information content (AvgIpc) is 2.59. The molecule has 2 atom stereocenters. The Labute approximate surface area is 112 Å². The van der Waals surface area contributed by atoms with Gasteiger partial charge in [0.25, 0.3) is 0 Å². The first kappa shape index (κ1) is 14.2. The van der Waals surface area contributed by atoms with Gasteiger partial charge < -0.3 is 5.32 Å². The van der Waals surface area contributed by atoms with Gasteiger partial charge in [-0.2, -0.15) is 0 Å². The van der Waals surface area contributed by atoms with Crippen molar-refractivity contribution in [2.45, 2.75) is 40.7 Å². The third kappa shape index (κ3) is 4.19. The van der Waals surface area contributed by atoms with Crippen molar-refractivity contribution in [2.24, 2.45) is 11.3 Å². The molecule has 0 aromatic carbocycles. The Hall–Kier alpha value is 0.140. The maximum absolute atomic E-state index is 3.61. The van der Waals surface area contributed by atoms with Gasteiger partial charge in [0, 0.05) is 20.8 Å². The smallest absolute Gasteiger partial charge is 0.0386 e. The number of nitrogens with one attached hydrogen (secondary N) is 1. The molecule has 0 amide bonds. The van der Waals surface area contributed by atoms with Crippen molar-refractivity contribution in [3.05, 3.63) is 20.8 Å². The molecule has 1 aromatic heterocycles. The van der Waals surface area contributed by atoms with Crippen LogP contribution in [0.15, 0.2) is 15.9 Å². The van der Waals surface area contributed by atoms with Crippen LogP contribution >= 0.6 is 27.3 Å². The fourth-order valence-electron chi connectivity index (χ4n) is 1.32. The van der Waals surface area contributed by atoms with Crippen molar-refractivity contribution < 1.29 is 0 Å². The van der Waals surface area contributed by atoms with Gasteiger partial charge in [-0.1, -0.05) is 27.7 Å². The molecule has 0 bridgehead atoms. The highest BCUT2D eigenvalue weighted by molar-refractivity contribution is 9.10. The Balaban J connectivity index is 2.44. The summed E-state index contributed by atoms with van der Waals surface area (Å²) in [6.45, 7) is 12.5. The Morgan fingerprint density at radius 2 is 2.00 bits per heavy atom. The first-order valence-corrected chi connectivity index (χ1v) is 7.45. The molecule has 1 rings (SSSR count). The van der Waals surface area contributed by atoms with E-state index in [0.717, 1.165) is 6.54 Å². The molecule has 1 aromatic rings. The molecule has 0 saturated heterocycles. The van der Waals surface area contributed by atoms with Crippen LogP contribution in [0, 0.1) is 11.3 Å². The van der Waals surface area contributed by atoms with Crippen LogP contribution in [0.2, 0.25) is 0 Å². The normalized spacial score (nSPS) is 16.1. The molecule has 0 fully saturated rings. The highest BCUT2D eigenvalue weighted by Crippen LogP contribution is 2.27. The third-order valence-corrected chi connectivity index (χ3v) is 5.10. The molecular weight excluding hydrogens is 282 g/mol. The number of hydrogen-bond donors (Lipinski definition) is 1. The number of thiophene rings is 1. The highest BCUT2D eigenvalue weighted by atomic mass is 79.9. The molecule has 1 heterocycles. The van der Waals surface area contributed by atoms with Gasteiger partial charge >= 0.3 is 0 Å². The van der Waals surface area contributed by atoms with E-state index in [-0.39, 0.29) is 0 Å². The van der Waals surface area contributed by atoms with E-state index in [0.29, 0.717) is 17.4 Å². The zero-order valence-electron chi connectivity index (χ0n) is 10.8. The van der Waals surface area contributed by atoms with E-state index in [1.165, 1.54) is 9.35 Å². The van der Waals surface area contributed by atoms with Gasteiger partial charge in [-0.25, -0.2) is 0 Å². The van der Waals surface area contributed by atoms with E-state index in [1.54, 1.807) is 0 Å². The lowest BCUT2D eigenvalue weighted by Gasteiger charge is -2.28. The molecule has 0 aliphatic heterocycles. The van der Waals surface area contributed by atoms with E-state index >= 15 is 0 Å². The molecule has 92 valence electrons. The molecule has 0 spiro atoms. The first-order valence-electron chi connectivity index (χ1n) is 5.78. The predicted octanol–water partition coefficient (Wildman–Crippen LogP) is 4.84. The van der Waals surface area contributed by atoms with Crippen LogP contribution in [0.4, 0.5) is 0 Å². The van der Waals surface area contributed by atoms with Crippen LogP contribution in [0.5, 0.6) is 0 Å².